The van der Waals surface area contributed by atoms with Crippen molar-refractivity contribution in [3.05, 3.63) is 53.1 Å². The monoisotopic (exact) mass is 404 g/mol. The van der Waals surface area contributed by atoms with Crippen molar-refractivity contribution in [3.8, 4) is 0 Å². The van der Waals surface area contributed by atoms with Gasteiger partial charge in [0.2, 0.25) is 0 Å². The third-order valence-electron chi connectivity index (χ3n) is 6.24. The molecule has 2 fully saturated rings. The van der Waals surface area contributed by atoms with Gasteiger partial charge >= 0.3 is 0 Å². The molecule has 5 rings (SSSR count). The van der Waals surface area contributed by atoms with Crippen molar-refractivity contribution in [1.82, 2.24) is 24.5 Å². The number of rotatable bonds is 3. The summed E-state index contributed by atoms with van der Waals surface area (Å²) in [4.78, 5) is 26.9. The summed E-state index contributed by atoms with van der Waals surface area (Å²) >= 11 is 0. The first-order valence-corrected chi connectivity index (χ1v) is 11.0. The molecule has 3 aromatic heterocycles. The van der Waals surface area contributed by atoms with Gasteiger partial charge in [-0.3, -0.25) is 4.79 Å². The first kappa shape index (κ1) is 19.0. The Balaban J connectivity index is 1.48. The Bertz CT molecular complexity index is 1080. The second kappa shape index (κ2) is 7.70. The Morgan fingerprint density at radius 1 is 1.03 bits per heavy atom. The van der Waals surface area contributed by atoms with E-state index in [9.17, 15) is 4.79 Å². The van der Waals surface area contributed by atoms with Gasteiger partial charge in [-0.2, -0.15) is 5.10 Å². The van der Waals surface area contributed by atoms with E-state index in [1.54, 1.807) is 6.07 Å². The highest BCUT2D eigenvalue weighted by atomic mass is 16.2. The normalized spacial score (nSPS) is 19.6. The van der Waals surface area contributed by atoms with E-state index in [4.69, 9.17) is 10.1 Å². The van der Waals surface area contributed by atoms with Gasteiger partial charge in [0.15, 0.2) is 5.65 Å². The number of piperidine rings is 1. The summed E-state index contributed by atoms with van der Waals surface area (Å²) in [6.45, 7) is 6.89. The smallest absolute Gasteiger partial charge is 0.273 e. The van der Waals surface area contributed by atoms with Gasteiger partial charge in [0, 0.05) is 43.2 Å². The fraction of sp³-hybridized carbons (Fsp3) is 0.478. The minimum atomic E-state index is -0.0363. The number of aryl methyl sites for hydroxylation is 2. The van der Waals surface area contributed by atoms with Crippen LogP contribution in [0, 0.1) is 13.8 Å². The van der Waals surface area contributed by atoms with E-state index in [1.165, 1.54) is 12.8 Å². The fourth-order valence-electron chi connectivity index (χ4n) is 4.72. The number of amides is 1. The topological polar surface area (TPSA) is 66.6 Å². The van der Waals surface area contributed by atoms with Crippen LogP contribution in [0.15, 0.2) is 30.5 Å². The lowest BCUT2D eigenvalue weighted by molar-refractivity contribution is 0.0599. The summed E-state index contributed by atoms with van der Waals surface area (Å²) in [6, 6.07) is 7.63. The van der Waals surface area contributed by atoms with Crippen LogP contribution in [0.4, 0.5) is 5.82 Å². The number of hydrogen-bond donors (Lipinski definition) is 0. The van der Waals surface area contributed by atoms with Crippen LogP contribution in [0.3, 0.4) is 0 Å². The number of pyridine rings is 1. The fourth-order valence-corrected chi connectivity index (χ4v) is 4.72. The van der Waals surface area contributed by atoms with Crippen molar-refractivity contribution in [1.29, 1.82) is 0 Å². The molecule has 30 heavy (non-hydrogen) atoms. The molecule has 1 amide bonds. The van der Waals surface area contributed by atoms with Crippen molar-refractivity contribution >= 4 is 17.4 Å². The van der Waals surface area contributed by atoms with Gasteiger partial charge in [0.25, 0.3) is 5.91 Å². The molecule has 7 nitrogen and oxygen atoms in total. The Morgan fingerprint density at radius 3 is 2.63 bits per heavy atom. The Kier molecular flexibility index (Phi) is 4.89. The zero-order valence-corrected chi connectivity index (χ0v) is 17.7. The third kappa shape index (κ3) is 3.42. The quantitative estimate of drug-likeness (QED) is 0.666. The van der Waals surface area contributed by atoms with Gasteiger partial charge in [-0.1, -0.05) is 6.07 Å². The number of fused-ring (bicyclic) bond motifs is 1. The summed E-state index contributed by atoms with van der Waals surface area (Å²) in [6.07, 6.45) is 7.54. The molecule has 3 aromatic rings. The number of carbonyl (C=O) groups is 1. The van der Waals surface area contributed by atoms with Crippen LogP contribution < -0.4 is 4.90 Å². The highest BCUT2D eigenvalue weighted by Crippen LogP contribution is 2.32. The molecule has 0 N–H and O–H groups in total. The molecular weight excluding hydrogens is 376 g/mol. The molecule has 0 unspecified atom stereocenters. The highest BCUT2D eigenvalue weighted by Gasteiger charge is 2.31. The summed E-state index contributed by atoms with van der Waals surface area (Å²) in [5, 5.41) is 4.83. The molecule has 0 aromatic carbocycles. The van der Waals surface area contributed by atoms with Crippen LogP contribution in [-0.4, -0.2) is 50.0 Å². The SMILES string of the molecule is Cc1cccc(C(=O)N2CCCC[C@H]2c2cc3nc(N4CCCC4)c(C)cn3n2)n1. The molecule has 5 heterocycles. The minimum absolute atomic E-state index is 0.0117. The van der Waals surface area contributed by atoms with Crippen LogP contribution in [-0.2, 0) is 0 Å². The van der Waals surface area contributed by atoms with Crippen LogP contribution >= 0.6 is 0 Å². The van der Waals surface area contributed by atoms with Crippen LogP contribution in [0.25, 0.3) is 5.65 Å². The molecule has 2 aliphatic rings. The summed E-state index contributed by atoms with van der Waals surface area (Å²) in [5.41, 5.74) is 4.28. The lowest BCUT2D eigenvalue weighted by Crippen LogP contribution is -2.39. The van der Waals surface area contributed by atoms with E-state index >= 15 is 0 Å². The second-order valence-corrected chi connectivity index (χ2v) is 8.49. The molecule has 0 radical (unpaired) electrons. The van der Waals surface area contributed by atoms with E-state index < -0.39 is 0 Å². The molecule has 0 spiro atoms. The molecular formula is C23H28N6O. The molecule has 7 heteroatoms. The first-order chi connectivity index (χ1) is 14.6. The average molecular weight is 405 g/mol. The van der Waals surface area contributed by atoms with E-state index in [0.29, 0.717) is 5.69 Å². The largest absolute Gasteiger partial charge is 0.356 e. The number of likely N-dealkylation sites (tertiary alicyclic amines) is 1. The van der Waals surface area contributed by atoms with Gasteiger partial charge in [0.05, 0.1) is 11.7 Å². The summed E-state index contributed by atoms with van der Waals surface area (Å²) in [5.74, 6) is 1.05. The molecule has 2 saturated heterocycles. The van der Waals surface area contributed by atoms with E-state index in [-0.39, 0.29) is 11.9 Å². The maximum atomic E-state index is 13.2. The molecule has 0 bridgehead atoms. The standard InChI is InChI=1S/C23H28N6O/c1-16-15-29-21(25-22(16)27-11-5-6-12-27)14-19(26-29)20-10-3-4-13-28(20)23(30)18-9-7-8-17(2)24-18/h7-9,14-15,20H,3-6,10-13H2,1-2H3/t20-/m0/s1. The Morgan fingerprint density at radius 2 is 1.83 bits per heavy atom. The minimum Gasteiger partial charge on any atom is -0.356 e. The van der Waals surface area contributed by atoms with Gasteiger partial charge < -0.3 is 9.80 Å². The van der Waals surface area contributed by atoms with E-state index in [2.05, 4.69) is 29.1 Å². The number of hydrogen-bond acceptors (Lipinski definition) is 5. The number of carbonyl (C=O) groups excluding carboxylic acids is 1. The molecule has 156 valence electrons. The highest BCUT2D eigenvalue weighted by molar-refractivity contribution is 5.92. The maximum absolute atomic E-state index is 13.2. The van der Waals surface area contributed by atoms with Crippen molar-refractivity contribution in [2.45, 2.75) is 52.0 Å². The van der Waals surface area contributed by atoms with Crippen LogP contribution in [0.2, 0.25) is 0 Å². The lowest BCUT2D eigenvalue weighted by Gasteiger charge is -2.34. The van der Waals surface area contributed by atoms with Gasteiger partial charge in [-0.15, -0.1) is 0 Å². The van der Waals surface area contributed by atoms with Crippen LogP contribution in [0.1, 0.15) is 65.6 Å². The van der Waals surface area contributed by atoms with E-state index in [1.807, 2.05) is 28.5 Å². The molecule has 2 aliphatic heterocycles. The zero-order chi connectivity index (χ0) is 20.7. The van der Waals surface area contributed by atoms with Gasteiger partial charge in [0.1, 0.15) is 11.5 Å². The molecule has 0 saturated carbocycles. The summed E-state index contributed by atoms with van der Waals surface area (Å²) < 4.78 is 1.87. The predicted octanol–water partition coefficient (Wildman–Crippen LogP) is 3.71. The Labute approximate surface area is 176 Å². The van der Waals surface area contributed by atoms with E-state index in [0.717, 1.165) is 67.3 Å². The average Bonchev–Trinajstić information content (AvgIpc) is 3.42. The predicted molar refractivity (Wildman–Crippen MR) is 116 cm³/mol. The third-order valence-corrected chi connectivity index (χ3v) is 6.24. The van der Waals surface area contributed by atoms with Gasteiger partial charge in [-0.25, -0.2) is 14.5 Å². The maximum Gasteiger partial charge on any atom is 0.273 e. The van der Waals surface area contributed by atoms with Crippen LogP contribution in [0.5, 0.6) is 0 Å². The van der Waals surface area contributed by atoms with Crippen molar-refractivity contribution in [3.63, 3.8) is 0 Å². The lowest BCUT2D eigenvalue weighted by atomic mass is 9.99. The molecule has 1 atom stereocenters. The van der Waals surface area contributed by atoms with Crippen molar-refractivity contribution < 1.29 is 4.79 Å². The molecule has 0 aliphatic carbocycles. The first-order valence-electron chi connectivity index (χ1n) is 11.0. The number of nitrogens with zero attached hydrogens (tertiary/aromatic N) is 6. The number of anilines is 1. The second-order valence-electron chi connectivity index (χ2n) is 8.49. The van der Waals surface area contributed by atoms with Crippen molar-refractivity contribution in [2.75, 3.05) is 24.5 Å². The summed E-state index contributed by atoms with van der Waals surface area (Å²) in [7, 11) is 0. The Hall–Kier alpha value is -2.96. The number of aromatic nitrogens is 4. The van der Waals surface area contributed by atoms with Crippen molar-refractivity contribution in [2.24, 2.45) is 0 Å². The van der Waals surface area contributed by atoms with Gasteiger partial charge in [-0.05, 0) is 58.1 Å². The zero-order valence-electron chi connectivity index (χ0n) is 17.7.